The number of rotatable bonds is 8. The van der Waals surface area contributed by atoms with E-state index in [0.29, 0.717) is 31.8 Å². The van der Waals surface area contributed by atoms with Crippen LogP contribution in [0, 0.1) is 11.6 Å². The van der Waals surface area contributed by atoms with Gasteiger partial charge in [-0.3, -0.25) is 0 Å². The van der Waals surface area contributed by atoms with Gasteiger partial charge in [0.1, 0.15) is 11.6 Å². The van der Waals surface area contributed by atoms with Gasteiger partial charge in [0.2, 0.25) is 10.0 Å². The van der Waals surface area contributed by atoms with Gasteiger partial charge in [-0.25, -0.2) is 17.2 Å². The molecule has 0 N–H and O–H groups in total. The summed E-state index contributed by atoms with van der Waals surface area (Å²) in [6.07, 6.45) is 2.51. The standard InChI is InChI=1S/C24H27F2N3O4S/c25-18-2-5-21(6-3-18)34(30,31)29(20-15-32-16-20)11-1-10-28-12-8-17(9-13-28)24-22-7-4-19(26)14-23(22)33-27-24/h2-7,14,17,20H,1,8-13,15-16H2. The molecular formula is C24H27F2N3O4S. The largest absolute Gasteiger partial charge is 0.378 e. The van der Waals surface area contributed by atoms with Gasteiger partial charge in [0.15, 0.2) is 5.58 Å². The topological polar surface area (TPSA) is 75.9 Å². The zero-order valence-corrected chi connectivity index (χ0v) is 19.5. The third-order valence-corrected chi connectivity index (χ3v) is 8.70. The number of sulfonamides is 1. The van der Waals surface area contributed by atoms with Crippen LogP contribution in [0.3, 0.4) is 0 Å². The second-order valence-corrected chi connectivity index (χ2v) is 10.8. The maximum Gasteiger partial charge on any atom is 0.243 e. The van der Waals surface area contributed by atoms with Gasteiger partial charge < -0.3 is 14.2 Å². The van der Waals surface area contributed by atoms with Crippen LogP contribution in [0.15, 0.2) is 51.9 Å². The Morgan fingerprint density at radius 1 is 1.03 bits per heavy atom. The van der Waals surface area contributed by atoms with E-state index in [-0.39, 0.29) is 22.7 Å². The first-order chi connectivity index (χ1) is 16.4. The van der Waals surface area contributed by atoms with Gasteiger partial charge in [-0.15, -0.1) is 0 Å². The lowest BCUT2D eigenvalue weighted by atomic mass is 9.91. The highest BCUT2D eigenvalue weighted by atomic mass is 32.2. The molecule has 2 aliphatic rings. The van der Waals surface area contributed by atoms with E-state index in [2.05, 4.69) is 10.1 Å². The molecule has 1 aromatic heterocycles. The summed E-state index contributed by atoms with van der Waals surface area (Å²) in [6.45, 7) is 3.66. The number of benzene rings is 2. The van der Waals surface area contributed by atoms with Crippen molar-refractivity contribution in [3.8, 4) is 0 Å². The zero-order chi connectivity index (χ0) is 23.7. The summed E-state index contributed by atoms with van der Waals surface area (Å²) in [6, 6.07) is 9.28. The molecule has 2 saturated heterocycles. The molecule has 2 fully saturated rings. The highest BCUT2D eigenvalue weighted by molar-refractivity contribution is 7.89. The summed E-state index contributed by atoms with van der Waals surface area (Å²) < 4.78 is 65.1. The lowest BCUT2D eigenvalue weighted by Crippen LogP contribution is -2.52. The van der Waals surface area contributed by atoms with Crippen LogP contribution in [-0.4, -0.2) is 68.2 Å². The molecule has 5 rings (SSSR count). The predicted octanol–water partition coefficient (Wildman–Crippen LogP) is 3.77. The Balaban J connectivity index is 1.17. The van der Waals surface area contributed by atoms with Crippen LogP contribution in [0.1, 0.15) is 30.9 Å². The monoisotopic (exact) mass is 491 g/mol. The van der Waals surface area contributed by atoms with Crippen molar-refractivity contribution in [2.45, 2.75) is 36.1 Å². The van der Waals surface area contributed by atoms with Crippen molar-refractivity contribution in [2.24, 2.45) is 0 Å². The molecule has 2 aromatic carbocycles. The van der Waals surface area contributed by atoms with E-state index in [0.717, 1.165) is 43.6 Å². The summed E-state index contributed by atoms with van der Waals surface area (Å²) in [5, 5.41) is 5.06. The summed E-state index contributed by atoms with van der Waals surface area (Å²) >= 11 is 0. The van der Waals surface area contributed by atoms with Crippen molar-refractivity contribution >= 4 is 21.0 Å². The lowest BCUT2D eigenvalue weighted by molar-refractivity contribution is -0.0373. The van der Waals surface area contributed by atoms with E-state index in [4.69, 9.17) is 9.26 Å². The Morgan fingerprint density at radius 3 is 2.41 bits per heavy atom. The SMILES string of the molecule is O=S(=O)(c1ccc(F)cc1)N(CCCN1CCC(c2noc3cc(F)ccc23)CC1)C1COC1. The zero-order valence-electron chi connectivity index (χ0n) is 18.7. The van der Waals surface area contributed by atoms with E-state index in [1.807, 2.05) is 0 Å². The highest BCUT2D eigenvalue weighted by Crippen LogP contribution is 2.33. The molecule has 0 unspecified atom stereocenters. The molecule has 0 aliphatic carbocycles. The Bertz CT molecular complexity index is 1240. The molecule has 0 spiro atoms. The minimum Gasteiger partial charge on any atom is -0.378 e. The molecule has 0 bridgehead atoms. The quantitative estimate of drug-likeness (QED) is 0.478. The molecule has 2 aliphatic heterocycles. The molecule has 0 radical (unpaired) electrons. The smallest absolute Gasteiger partial charge is 0.243 e. The summed E-state index contributed by atoms with van der Waals surface area (Å²) in [7, 11) is -3.72. The van der Waals surface area contributed by atoms with E-state index >= 15 is 0 Å². The van der Waals surface area contributed by atoms with Gasteiger partial charge in [0.05, 0.1) is 29.8 Å². The molecule has 0 saturated carbocycles. The number of piperidine rings is 1. The maximum atomic E-state index is 13.4. The van der Waals surface area contributed by atoms with E-state index in [9.17, 15) is 17.2 Å². The van der Waals surface area contributed by atoms with Crippen LogP contribution in [0.5, 0.6) is 0 Å². The van der Waals surface area contributed by atoms with E-state index < -0.39 is 15.8 Å². The van der Waals surface area contributed by atoms with Gasteiger partial charge in [0.25, 0.3) is 0 Å². The predicted molar refractivity (Wildman–Crippen MR) is 122 cm³/mol. The molecule has 0 atom stereocenters. The maximum absolute atomic E-state index is 13.4. The van der Waals surface area contributed by atoms with Crippen LogP contribution < -0.4 is 0 Å². The Kier molecular flexibility index (Phi) is 6.65. The summed E-state index contributed by atoms with van der Waals surface area (Å²) in [5.74, 6) is -0.550. The van der Waals surface area contributed by atoms with Crippen LogP contribution in [-0.2, 0) is 14.8 Å². The second kappa shape index (κ2) is 9.69. The molecule has 182 valence electrons. The fraction of sp³-hybridized carbons (Fsp3) is 0.458. The van der Waals surface area contributed by atoms with E-state index in [1.54, 1.807) is 6.07 Å². The highest BCUT2D eigenvalue weighted by Gasteiger charge is 2.35. The number of fused-ring (bicyclic) bond motifs is 1. The normalized spacial score (nSPS) is 18.6. The molecule has 0 amide bonds. The third kappa shape index (κ3) is 4.72. The molecular weight excluding hydrogens is 464 g/mol. The molecule has 34 heavy (non-hydrogen) atoms. The van der Waals surface area contributed by atoms with Crippen molar-refractivity contribution in [2.75, 3.05) is 39.4 Å². The van der Waals surface area contributed by atoms with Crippen molar-refractivity contribution in [3.63, 3.8) is 0 Å². The van der Waals surface area contributed by atoms with Gasteiger partial charge in [-0.1, -0.05) is 5.16 Å². The Labute approximate surface area is 197 Å². The van der Waals surface area contributed by atoms with Crippen molar-refractivity contribution in [1.29, 1.82) is 0 Å². The minimum atomic E-state index is -3.72. The number of hydrogen-bond acceptors (Lipinski definition) is 6. The van der Waals surface area contributed by atoms with Crippen molar-refractivity contribution in [3.05, 3.63) is 59.8 Å². The van der Waals surface area contributed by atoms with Crippen LogP contribution in [0.25, 0.3) is 11.0 Å². The van der Waals surface area contributed by atoms with Crippen LogP contribution in [0.2, 0.25) is 0 Å². The first kappa shape index (κ1) is 23.3. The summed E-state index contributed by atoms with van der Waals surface area (Å²) in [4.78, 5) is 2.43. The second-order valence-electron chi connectivity index (χ2n) is 8.94. The van der Waals surface area contributed by atoms with Gasteiger partial charge in [0, 0.05) is 23.9 Å². The van der Waals surface area contributed by atoms with Crippen LogP contribution in [0.4, 0.5) is 8.78 Å². The number of nitrogens with zero attached hydrogens (tertiary/aromatic N) is 3. The van der Waals surface area contributed by atoms with Gasteiger partial charge >= 0.3 is 0 Å². The van der Waals surface area contributed by atoms with Gasteiger partial charge in [-0.2, -0.15) is 4.31 Å². The average molecular weight is 492 g/mol. The minimum absolute atomic E-state index is 0.0985. The third-order valence-electron chi connectivity index (χ3n) is 6.74. The molecule has 10 heteroatoms. The number of ether oxygens (including phenoxy) is 1. The number of halogens is 2. The summed E-state index contributed by atoms with van der Waals surface area (Å²) in [5.41, 5.74) is 1.36. The van der Waals surface area contributed by atoms with E-state index in [1.165, 1.54) is 40.7 Å². The Morgan fingerprint density at radius 2 is 1.74 bits per heavy atom. The molecule has 3 heterocycles. The molecule has 7 nitrogen and oxygen atoms in total. The van der Waals surface area contributed by atoms with Crippen molar-refractivity contribution < 1.29 is 26.5 Å². The van der Waals surface area contributed by atoms with Gasteiger partial charge in [-0.05, 0) is 75.3 Å². The average Bonchev–Trinajstić information content (AvgIpc) is 3.21. The number of likely N-dealkylation sites (tertiary alicyclic amines) is 1. The van der Waals surface area contributed by atoms with Crippen molar-refractivity contribution in [1.82, 2.24) is 14.4 Å². The Hall–Kier alpha value is -2.40. The number of aromatic nitrogens is 1. The van der Waals surface area contributed by atoms with Crippen LogP contribution >= 0.6 is 0 Å². The molecule has 3 aromatic rings. The lowest BCUT2D eigenvalue weighted by Gasteiger charge is -2.37. The number of hydrogen-bond donors (Lipinski definition) is 0. The fourth-order valence-corrected chi connectivity index (χ4v) is 6.37. The fourth-order valence-electron chi connectivity index (χ4n) is 4.74. The first-order valence-corrected chi connectivity index (χ1v) is 13.0. The first-order valence-electron chi connectivity index (χ1n) is 11.5.